The summed E-state index contributed by atoms with van der Waals surface area (Å²) in [6.45, 7) is 0. The second-order valence-corrected chi connectivity index (χ2v) is 6.38. The number of anilines is 1. The SMILES string of the molecule is CN(C)c1ccc(C2=NNC(c3cccnc3)=Nc3ccc(F)cc32)cc1. The molecule has 134 valence electrons. The Labute approximate surface area is 156 Å². The van der Waals surface area contributed by atoms with Crippen molar-refractivity contribution in [1.82, 2.24) is 10.4 Å². The van der Waals surface area contributed by atoms with Crippen LogP contribution >= 0.6 is 0 Å². The van der Waals surface area contributed by atoms with E-state index >= 15 is 0 Å². The van der Waals surface area contributed by atoms with Crippen LogP contribution in [-0.2, 0) is 0 Å². The van der Waals surface area contributed by atoms with Gasteiger partial charge in [-0.25, -0.2) is 9.38 Å². The van der Waals surface area contributed by atoms with Crippen LogP contribution in [0.5, 0.6) is 0 Å². The third kappa shape index (κ3) is 3.42. The summed E-state index contributed by atoms with van der Waals surface area (Å²) in [5, 5.41) is 4.54. The van der Waals surface area contributed by atoms with Gasteiger partial charge in [-0.2, -0.15) is 5.10 Å². The molecule has 0 saturated carbocycles. The molecule has 0 spiro atoms. The van der Waals surface area contributed by atoms with Crippen molar-refractivity contribution in [2.45, 2.75) is 0 Å². The van der Waals surface area contributed by atoms with Crippen LogP contribution in [0.15, 0.2) is 77.1 Å². The maximum Gasteiger partial charge on any atom is 0.155 e. The molecule has 0 saturated heterocycles. The molecule has 6 heteroatoms. The van der Waals surface area contributed by atoms with Crippen LogP contribution < -0.4 is 10.3 Å². The molecular weight excluding hydrogens is 341 g/mol. The Bertz CT molecular complexity index is 1020. The number of pyridine rings is 1. The van der Waals surface area contributed by atoms with E-state index in [0.717, 1.165) is 16.8 Å². The molecule has 2 aromatic carbocycles. The number of hydrazone groups is 1. The van der Waals surface area contributed by atoms with Gasteiger partial charge in [-0.05, 0) is 42.5 Å². The zero-order valence-corrected chi connectivity index (χ0v) is 15.0. The van der Waals surface area contributed by atoms with E-state index in [1.807, 2.05) is 55.4 Å². The number of nitrogens with one attached hydrogen (secondary N) is 1. The summed E-state index contributed by atoms with van der Waals surface area (Å²) in [4.78, 5) is 10.8. The van der Waals surface area contributed by atoms with Gasteiger partial charge in [-0.1, -0.05) is 12.1 Å². The molecule has 2 heterocycles. The van der Waals surface area contributed by atoms with Crippen LogP contribution in [0.25, 0.3) is 0 Å². The van der Waals surface area contributed by atoms with E-state index in [-0.39, 0.29) is 5.82 Å². The zero-order chi connectivity index (χ0) is 18.8. The summed E-state index contributed by atoms with van der Waals surface area (Å²) in [7, 11) is 3.97. The molecule has 0 unspecified atom stereocenters. The highest BCUT2D eigenvalue weighted by Gasteiger charge is 2.18. The lowest BCUT2D eigenvalue weighted by Gasteiger charge is -2.13. The number of halogens is 1. The molecule has 0 bridgehead atoms. The second-order valence-electron chi connectivity index (χ2n) is 6.38. The molecule has 4 rings (SSSR count). The minimum atomic E-state index is -0.327. The Morgan fingerprint density at radius 1 is 0.963 bits per heavy atom. The third-order valence-corrected chi connectivity index (χ3v) is 4.31. The van der Waals surface area contributed by atoms with E-state index in [0.29, 0.717) is 22.8 Å². The molecule has 0 fully saturated rings. The maximum absolute atomic E-state index is 14.0. The smallest absolute Gasteiger partial charge is 0.155 e. The van der Waals surface area contributed by atoms with Crippen LogP contribution in [0.4, 0.5) is 15.8 Å². The first-order chi connectivity index (χ1) is 13.1. The monoisotopic (exact) mass is 359 g/mol. The topological polar surface area (TPSA) is 52.9 Å². The number of nitrogens with zero attached hydrogens (tertiary/aromatic N) is 4. The van der Waals surface area contributed by atoms with Crippen molar-refractivity contribution in [1.29, 1.82) is 0 Å². The summed E-state index contributed by atoms with van der Waals surface area (Å²) in [6, 6.07) is 16.2. The van der Waals surface area contributed by atoms with Gasteiger partial charge in [0.2, 0.25) is 0 Å². The van der Waals surface area contributed by atoms with Gasteiger partial charge in [-0.15, -0.1) is 0 Å². The van der Waals surface area contributed by atoms with Crippen molar-refractivity contribution in [3.8, 4) is 0 Å². The second kappa shape index (κ2) is 6.99. The minimum absolute atomic E-state index is 0.327. The van der Waals surface area contributed by atoms with Crippen molar-refractivity contribution < 1.29 is 4.39 Å². The first kappa shape index (κ1) is 16.9. The first-order valence-corrected chi connectivity index (χ1v) is 8.52. The number of aromatic nitrogens is 1. The van der Waals surface area contributed by atoms with Crippen LogP contribution in [-0.4, -0.2) is 30.6 Å². The van der Waals surface area contributed by atoms with Gasteiger partial charge in [0.15, 0.2) is 5.84 Å². The van der Waals surface area contributed by atoms with Crippen LogP contribution in [0.1, 0.15) is 16.7 Å². The summed E-state index contributed by atoms with van der Waals surface area (Å²) in [5.41, 5.74) is 7.70. The number of rotatable bonds is 3. The van der Waals surface area contributed by atoms with Crippen LogP contribution in [0.3, 0.4) is 0 Å². The Morgan fingerprint density at radius 2 is 1.78 bits per heavy atom. The normalized spacial score (nSPS) is 13.0. The van der Waals surface area contributed by atoms with Crippen molar-refractivity contribution in [2.75, 3.05) is 19.0 Å². The Balaban J connectivity index is 1.82. The molecule has 0 amide bonds. The highest BCUT2D eigenvalue weighted by Crippen LogP contribution is 2.27. The van der Waals surface area contributed by atoms with Gasteiger partial charge in [0.1, 0.15) is 11.5 Å². The Morgan fingerprint density at radius 3 is 2.48 bits per heavy atom. The standard InChI is InChI=1S/C21H18FN5/c1-27(2)17-8-5-14(6-9-17)20-18-12-16(22)7-10-19(18)24-21(26-25-20)15-4-3-11-23-13-15/h3-13H,1-2H3,(H,24,26). The highest BCUT2D eigenvalue weighted by molar-refractivity contribution is 6.18. The number of hydrogen-bond donors (Lipinski definition) is 1. The largest absolute Gasteiger partial charge is 0.378 e. The Hall–Kier alpha value is -3.54. The van der Waals surface area contributed by atoms with Gasteiger partial charge in [0, 0.05) is 48.9 Å². The fourth-order valence-corrected chi connectivity index (χ4v) is 2.88. The van der Waals surface area contributed by atoms with Gasteiger partial charge >= 0.3 is 0 Å². The van der Waals surface area contributed by atoms with E-state index in [4.69, 9.17) is 0 Å². The van der Waals surface area contributed by atoms with Crippen LogP contribution in [0, 0.1) is 5.82 Å². The maximum atomic E-state index is 14.0. The van der Waals surface area contributed by atoms with Crippen molar-refractivity contribution in [3.05, 3.63) is 89.5 Å². The number of hydrogen-bond acceptors (Lipinski definition) is 5. The fraction of sp³-hybridized carbons (Fsp3) is 0.0952. The van der Waals surface area contributed by atoms with Crippen LogP contribution in [0.2, 0.25) is 0 Å². The van der Waals surface area contributed by atoms with Crippen molar-refractivity contribution in [3.63, 3.8) is 0 Å². The quantitative estimate of drug-likeness (QED) is 0.775. The van der Waals surface area contributed by atoms with Gasteiger partial charge < -0.3 is 4.90 Å². The van der Waals surface area contributed by atoms with E-state index in [1.165, 1.54) is 12.1 Å². The molecule has 0 atom stereocenters. The first-order valence-electron chi connectivity index (χ1n) is 8.52. The fourth-order valence-electron chi connectivity index (χ4n) is 2.88. The zero-order valence-electron chi connectivity index (χ0n) is 15.0. The summed E-state index contributed by atoms with van der Waals surface area (Å²) in [5.74, 6) is 0.238. The van der Waals surface area contributed by atoms with Crippen molar-refractivity contribution >= 4 is 22.9 Å². The molecular formula is C21H18FN5. The van der Waals surface area contributed by atoms with Gasteiger partial charge in [-0.3, -0.25) is 10.4 Å². The van der Waals surface area contributed by atoms with E-state index in [2.05, 4.69) is 20.5 Å². The third-order valence-electron chi connectivity index (χ3n) is 4.31. The molecule has 0 aliphatic carbocycles. The highest BCUT2D eigenvalue weighted by atomic mass is 19.1. The average Bonchev–Trinajstić information content (AvgIpc) is 2.88. The molecule has 1 aromatic heterocycles. The molecule has 1 aliphatic heterocycles. The lowest BCUT2D eigenvalue weighted by atomic mass is 10.0. The van der Waals surface area contributed by atoms with E-state index < -0.39 is 0 Å². The van der Waals surface area contributed by atoms with Crippen molar-refractivity contribution in [2.24, 2.45) is 10.1 Å². The van der Waals surface area contributed by atoms with E-state index in [9.17, 15) is 4.39 Å². The number of aliphatic imine (C=N–C) groups is 1. The van der Waals surface area contributed by atoms with Gasteiger partial charge in [0.05, 0.1) is 5.69 Å². The number of benzene rings is 2. The summed E-state index contributed by atoms with van der Waals surface area (Å²) >= 11 is 0. The summed E-state index contributed by atoms with van der Waals surface area (Å²) < 4.78 is 14.0. The average molecular weight is 359 g/mol. The minimum Gasteiger partial charge on any atom is -0.378 e. The molecule has 27 heavy (non-hydrogen) atoms. The molecule has 3 aromatic rings. The molecule has 1 N–H and O–H groups in total. The lowest BCUT2D eigenvalue weighted by Crippen LogP contribution is -2.19. The number of fused-ring (bicyclic) bond motifs is 1. The summed E-state index contributed by atoms with van der Waals surface area (Å²) in [6.07, 6.45) is 3.41. The molecule has 5 nitrogen and oxygen atoms in total. The predicted octanol–water partition coefficient (Wildman–Crippen LogP) is 3.72. The number of amidine groups is 1. The molecule has 0 radical (unpaired) electrons. The predicted molar refractivity (Wildman–Crippen MR) is 106 cm³/mol. The Kier molecular flexibility index (Phi) is 4.38. The van der Waals surface area contributed by atoms with E-state index in [1.54, 1.807) is 18.5 Å². The lowest BCUT2D eigenvalue weighted by molar-refractivity contribution is 0.627. The van der Waals surface area contributed by atoms with Gasteiger partial charge in [0.25, 0.3) is 0 Å². The molecule has 1 aliphatic rings.